The van der Waals surface area contributed by atoms with Crippen LogP contribution in [-0.2, 0) is 20.3 Å². The molecule has 0 aromatic heterocycles. The number of nitrogens with zero attached hydrogens (tertiary/aromatic N) is 1. The van der Waals surface area contributed by atoms with Crippen LogP contribution in [0.2, 0.25) is 0 Å². The number of carbonyl (C=O) groups is 1. The summed E-state index contributed by atoms with van der Waals surface area (Å²) in [5, 5.41) is 19.6. The van der Waals surface area contributed by atoms with Crippen LogP contribution in [0.1, 0.15) is 57.1 Å². The summed E-state index contributed by atoms with van der Waals surface area (Å²) in [6.07, 6.45) is 3.45. The van der Waals surface area contributed by atoms with Crippen LogP contribution in [0.15, 0.2) is 23.8 Å². The highest BCUT2D eigenvalue weighted by Gasteiger charge is 2.48. The Morgan fingerprint density at radius 3 is 2.77 bits per heavy atom. The van der Waals surface area contributed by atoms with E-state index in [-0.39, 0.29) is 36.4 Å². The molecule has 0 saturated carbocycles. The van der Waals surface area contributed by atoms with Gasteiger partial charge < -0.3 is 19.4 Å². The van der Waals surface area contributed by atoms with Crippen LogP contribution < -0.4 is 4.74 Å². The van der Waals surface area contributed by atoms with Crippen molar-refractivity contribution in [3.8, 4) is 11.5 Å². The van der Waals surface area contributed by atoms with E-state index >= 15 is 0 Å². The summed E-state index contributed by atoms with van der Waals surface area (Å²) in [5.74, 6) is -6.09. The Balaban J connectivity index is 1.82. The van der Waals surface area contributed by atoms with Gasteiger partial charge in [0.2, 0.25) is 0 Å². The van der Waals surface area contributed by atoms with Gasteiger partial charge in [-0.1, -0.05) is 11.6 Å². The zero-order chi connectivity index (χ0) is 23.0. The molecule has 1 aliphatic heterocycles. The number of rotatable bonds is 7. The molecular weight excluding hydrogens is 416 g/mol. The minimum atomic E-state index is -4.04. The van der Waals surface area contributed by atoms with E-state index < -0.39 is 34.7 Å². The van der Waals surface area contributed by atoms with E-state index in [1.807, 2.05) is 20.8 Å². The number of hydrogen-bond acceptors (Lipinski definition) is 7. The van der Waals surface area contributed by atoms with Gasteiger partial charge in [-0.3, -0.25) is 0 Å². The first kappa shape index (κ1) is 22.8. The van der Waals surface area contributed by atoms with Crippen molar-refractivity contribution in [3.05, 3.63) is 45.0 Å². The Bertz CT molecular complexity index is 913. The number of allylic oxidation sites excluding steroid dienone is 2. The molecule has 1 aliphatic carbocycles. The van der Waals surface area contributed by atoms with Gasteiger partial charge in [0, 0.05) is 29.4 Å². The third kappa shape index (κ3) is 4.57. The molecule has 0 saturated heterocycles. The van der Waals surface area contributed by atoms with Crippen LogP contribution in [-0.4, -0.2) is 35.0 Å². The van der Waals surface area contributed by atoms with Crippen LogP contribution in [0.4, 0.5) is 8.78 Å². The number of fused-ring (bicyclic) bond motifs is 3. The molecule has 2 aliphatic rings. The summed E-state index contributed by atoms with van der Waals surface area (Å²) in [6.45, 7) is 4.89. The lowest BCUT2D eigenvalue weighted by atomic mass is 9.67. The van der Waals surface area contributed by atoms with Crippen molar-refractivity contribution in [2.45, 2.75) is 57.5 Å². The summed E-state index contributed by atoms with van der Waals surface area (Å²) < 4.78 is 40.0. The van der Waals surface area contributed by atoms with Gasteiger partial charge in [-0.2, -0.15) is 8.78 Å². The molecule has 1 aromatic carbocycles. The summed E-state index contributed by atoms with van der Waals surface area (Å²) in [4.78, 5) is 26.1. The predicted octanol–water partition coefficient (Wildman–Crippen LogP) is 4.24. The maximum absolute atomic E-state index is 14.7. The van der Waals surface area contributed by atoms with Crippen LogP contribution >= 0.6 is 0 Å². The number of carbonyl (C=O) groups excluding carboxylic acids is 1. The monoisotopic (exact) mass is 441 g/mol. The standard InChI is InChI=1S/C21H25F2NO7/c1-12-5-6-15-14(9-12)18-16(25)10-13(11-17(18)31-20(15,2)3)21(22,23)19(26)29-7-4-8-30-24(27)28/h5,10-11,14-15,25H,4,6-9H2,1-3H3/t14-,15-/m1/s1. The summed E-state index contributed by atoms with van der Waals surface area (Å²) >= 11 is 0. The summed E-state index contributed by atoms with van der Waals surface area (Å²) in [5.41, 5.74) is 0.241. The molecule has 0 bridgehead atoms. The van der Waals surface area contributed by atoms with Crippen molar-refractivity contribution >= 4 is 5.97 Å². The van der Waals surface area contributed by atoms with Crippen molar-refractivity contribution < 1.29 is 38.1 Å². The van der Waals surface area contributed by atoms with Crippen molar-refractivity contribution in [3.63, 3.8) is 0 Å². The van der Waals surface area contributed by atoms with Crippen molar-refractivity contribution in [1.29, 1.82) is 0 Å². The van der Waals surface area contributed by atoms with E-state index in [1.54, 1.807) is 0 Å². The van der Waals surface area contributed by atoms with E-state index in [4.69, 9.17) is 4.74 Å². The second kappa shape index (κ2) is 8.32. The average Bonchev–Trinajstić information content (AvgIpc) is 2.65. The zero-order valence-corrected chi connectivity index (χ0v) is 17.5. The number of phenols is 1. The van der Waals surface area contributed by atoms with E-state index in [2.05, 4.69) is 15.7 Å². The van der Waals surface area contributed by atoms with Gasteiger partial charge in [-0.15, -0.1) is 10.1 Å². The Morgan fingerprint density at radius 1 is 1.39 bits per heavy atom. The number of phenolic OH excluding ortho intramolecular Hbond substituents is 1. The van der Waals surface area contributed by atoms with Crippen LogP contribution in [0.3, 0.4) is 0 Å². The highest BCUT2D eigenvalue weighted by atomic mass is 19.3. The molecule has 0 fully saturated rings. The van der Waals surface area contributed by atoms with E-state index in [9.17, 15) is 28.8 Å². The topological polar surface area (TPSA) is 108 Å². The lowest BCUT2D eigenvalue weighted by Crippen LogP contribution is -2.45. The number of benzene rings is 1. The van der Waals surface area contributed by atoms with Gasteiger partial charge in [0.1, 0.15) is 17.1 Å². The third-order valence-electron chi connectivity index (χ3n) is 5.84. The lowest BCUT2D eigenvalue weighted by Gasteiger charge is -2.47. The predicted molar refractivity (Wildman–Crippen MR) is 104 cm³/mol. The molecule has 3 rings (SSSR count). The molecule has 31 heavy (non-hydrogen) atoms. The molecule has 0 unspecified atom stereocenters. The first-order chi connectivity index (χ1) is 14.4. The maximum Gasteiger partial charge on any atom is 0.381 e. The number of alkyl halides is 2. The van der Waals surface area contributed by atoms with Crippen LogP contribution in [0, 0.1) is 16.0 Å². The minimum absolute atomic E-state index is 0.0762. The minimum Gasteiger partial charge on any atom is -0.508 e. The Morgan fingerprint density at radius 2 is 2.10 bits per heavy atom. The average molecular weight is 441 g/mol. The van der Waals surface area contributed by atoms with Crippen LogP contribution in [0.25, 0.3) is 0 Å². The molecule has 0 radical (unpaired) electrons. The number of hydrogen-bond donors (Lipinski definition) is 1. The van der Waals surface area contributed by atoms with Gasteiger partial charge in [-0.25, -0.2) is 4.79 Å². The molecule has 2 atom stereocenters. The normalized spacial score (nSPS) is 21.8. The van der Waals surface area contributed by atoms with Gasteiger partial charge in [0.25, 0.3) is 5.09 Å². The first-order valence-corrected chi connectivity index (χ1v) is 9.98. The van der Waals surface area contributed by atoms with Crippen LogP contribution in [0.5, 0.6) is 11.5 Å². The number of halogens is 2. The second-order valence-electron chi connectivity index (χ2n) is 8.44. The van der Waals surface area contributed by atoms with Crippen molar-refractivity contribution in [2.24, 2.45) is 5.92 Å². The molecule has 1 aromatic rings. The molecule has 1 heterocycles. The summed E-state index contributed by atoms with van der Waals surface area (Å²) in [7, 11) is 0. The lowest BCUT2D eigenvalue weighted by molar-refractivity contribution is -0.757. The van der Waals surface area contributed by atoms with E-state index in [0.29, 0.717) is 12.0 Å². The molecule has 0 amide bonds. The fraction of sp³-hybridized carbons (Fsp3) is 0.571. The van der Waals surface area contributed by atoms with Crippen molar-refractivity contribution in [2.75, 3.05) is 13.2 Å². The molecule has 10 heteroatoms. The smallest absolute Gasteiger partial charge is 0.381 e. The maximum atomic E-state index is 14.7. The van der Waals surface area contributed by atoms with E-state index in [0.717, 1.165) is 24.1 Å². The molecule has 170 valence electrons. The Labute approximate surface area is 177 Å². The second-order valence-corrected chi connectivity index (χ2v) is 8.44. The van der Waals surface area contributed by atoms with Gasteiger partial charge >= 0.3 is 11.9 Å². The fourth-order valence-electron chi connectivity index (χ4n) is 4.32. The van der Waals surface area contributed by atoms with E-state index in [1.165, 1.54) is 0 Å². The van der Waals surface area contributed by atoms with Gasteiger partial charge in [0.05, 0.1) is 13.2 Å². The van der Waals surface area contributed by atoms with Crippen molar-refractivity contribution in [1.82, 2.24) is 0 Å². The molecule has 1 N–H and O–H groups in total. The first-order valence-electron chi connectivity index (χ1n) is 9.98. The SMILES string of the molecule is CC1=CC[C@@H]2[C@@H](C1)c1c(O)cc(C(F)(F)C(=O)OCCCO[N+](=O)[O-])cc1OC2(C)C. The largest absolute Gasteiger partial charge is 0.508 e. The number of esters is 1. The summed E-state index contributed by atoms with van der Waals surface area (Å²) in [6, 6.07) is 1.96. The number of aromatic hydroxyl groups is 1. The quantitative estimate of drug-likeness (QED) is 0.222. The van der Waals surface area contributed by atoms with Gasteiger partial charge in [-0.05, 0) is 45.7 Å². The molecule has 8 nitrogen and oxygen atoms in total. The van der Waals surface area contributed by atoms with Gasteiger partial charge in [0.15, 0.2) is 0 Å². The Kier molecular flexibility index (Phi) is 6.11. The zero-order valence-electron chi connectivity index (χ0n) is 17.5. The number of ether oxygens (including phenoxy) is 2. The molecule has 0 spiro atoms. The highest BCUT2D eigenvalue weighted by molar-refractivity contribution is 5.80. The third-order valence-corrected chi connectivity index (χ3v) is 5.84. The molecular formula is C21H25F2NO7. The fourth-order valence-corrected chi connectivity index (χ4v) is 4.32. The highest BCUT2D eigenvalue weighted by Crippen LogP contribution is 2.55. The Hall–Kier alpha value is -2.91.